The maximum absolute atomic E-state index is 11.6. The highest BCUT2D eigenvalue weighted by atomic mass is 16.5. The number of methoxy groups -OCH3 is 1. The summed E-state index contributed by atoms with van der Waals surface area (Å²) in [5.74, 6) is -0.364. The Bertz CT molecular complexity index is 440. The number of hydrogen-bond donors (Lipinski definition) is 0. The van der Waals surface area contributed by atoms with E-state index in [9.17, 15) is 9.59 Å². The Morgan fingerprint density at radius 1 is 1.29 bits per heavy atom. The van der Waals surface area contributed by atoms with Gasteiger partial charge in [-0.1, -0.05) is 30.3 Å². The fraction of sp³-hybridized carbons (Fsp3) is 0.214. The summed E-state index contributed by atoms with van der Waals surface area (Å²) >= 11 is 0. The third kappa shape index (κ3) is 4.96. The van der Waals surface area contributed by atoms with Gasteiger partial charge in [-0.3, -0.25) is 9.59 Å². The van der Waals surface area contributed by atoms with Crippen molar-refractivity contribution in [3.05, 3.63) is 53.8 Å². The molecule has 0 radical (unpaired) electrons. The maximum atomic E-state index is 11.6. The van der Waals surface area contributed by atoms with E-state index < -0.39 is 0 Å². The maximum Gasteiger partial charge on any atom is 0.305 e. The van der Waals surface area contributed by atoms with E-state index >= 15 is 0 Å². The van der Waals surface area contributed by atoms with Crippen molar-refractivity contribution in [2.24, 2.45) is 0 Å². The van der Waals surface area contributed by atoms with Gasteiger partial charge in [0.1, 0.15) is 0 Å². The van der Waals surface area contributed by atoms with E-state index in [1.165, 1.54) is 13.2 Å². The number of esters is 1. The van der Waals surface area contributed by atoms with Crippen molar-refractivity contribution in [2.75, 3.05) is 7.11 Å². The van der Waals surface area contributed by atoms with Gasteiger partial charge in [-0.15, -0.1) is 5.73 Å². The number of carbonyl (C=O) groups excluding carboxylic acids is 2. The first kappa shape index (κ1) is 12.9. The molecule has 1 aromatic carbocycles. The molecule has 0 saturated carbocycles. The molecule has 0 aliphatic heterocycles. The number of rotatable bonds is 5. The molecule has 3 heteroatoms. The van der Waals surface area contributed by atoms with E-state index in [0.29, 0.717) is 18.4 Å². The van der Waals surface area contributed by atoms with Gasteiger partial charge < -0.3 is 4.74 Å². The van der Waals surface area contributed by atoms with Crippen molar-refractivity contribution >= 4 is 11.8 Å². The van der Waals surface area contributed by atoms with Gasteiger partial charge in [0.15, 0.2) is 5.78 Å². The second-order valence-electron chi connectivity index (χ2n) is 3.36. The lowest BCUT2D eigenvalue weighted by atomic mass is 10.1. The van der Waals surface area contributed by atoms with Gasteiger partial charge in [0.25, 0.3) is 0 Å². The second kappa shape index (κ2) is 7.20. The van der Waals surface area contributed by atoms with Crippen LogP contribution in [-0.2, 0) is 9.53 Å². The third-order valence-corrected chi connectivity index (χ3v) is 2.11. The zero-order valence-corrected chi connectivity index (χ0v) is 9.68. The molecule has 0 aliphatic carbocycles. The number of allylic oxidation sites excluding steroid dienone is 1. The van der Waals surface area contributed by atoms with E-state index in [1.807, 2.05) is 18.2 Å². The van der Waals surface area contributed by atoms with Crippen molar-refractivity contribution in [1.82, 2.24) is 0 Å². The first-order valence-corrected chi connectivity index (χ1v) is 5.31. The van der Waals surface area contributed by atoms with E-state index in [1.54, 1.807) is 18.2 Å². The average Bonchev–Trinajstić information content (AvgIpc) is 2.38. The van der Waals surface area contributed by atoms with Crippen LogP contribution in [0.4, 0.5) is 0 Å². The van der Waals surface area contributed by atoms with E-state index in [2.05, 4.69) is 10.5 Å². The van der Waals surface area contributed by atoms with Crippen molar-refractivity contribution in [1.29, 1.82) is 0 Å². The molecule has 0 spiro atoms. The van der Waals surface area contributed by atoms with Crippen LogP contribution in [-0.4, -0.2) is 18.9 Å². The molecule has 0 heterocycles. The highest BCUT2D eigenvalue weighted by molar-refractivity contribution is 6.04. The van der Waals surface area contributed by atoms with Gasteiger partial charge in [0.05, 0.1) is 7.11 Å². The molecule has 0 atom stereocenters. The Morgan fingerprint density at radius 2 is 2.00 bits per heavy atom. The minimum absolute atomic E-state index is 0.0973. The topological polar surface area (TPSA) is 43.4 Å². The lowest BCUT2D eigenvalue weighted by Gasteiger charge is -1.93. The lowest BCUT2D eigenvalue weighted by Crippen LogP contribution is -1.97. The zero-order chi connectivity index (χ0) is 12.5. The van der Waals surface area contributed by atoms with Crippen molar-refractivity contribution < 1.29 is 14.3 Å². The van der Waals surface area contributed by atoms with Crippen LogP contribution in [0.3, 0.4) is 0 Å². The van der Waals surface area contributed by atoms with E-state index in [0.717, 1.165) is 0 Å². The van der Waals surface area contributed by atoms with Crippen molar-refractivity contribution in [2.45, 2.75) is 12.8 Å². The summed E-state index contributed by atoms with van der Waals surface area (Å²) in [7, 11) is 1.35. The van der Waals surface area contributed by atoms with Crippen LogP contribution in [0.2, 0.25) is 0 Å². The molecule has 17 heavy (non-hydrogen) atoms. The number of hydrogen-bond acceptors (Lipinski definition) is 3. The number of benzene rings is 1. The standard InChI is InChI=1S/C14H14O3/c1-17-14(16)11-7-3-6-10-13(15)12-8-4-2-5-9-12/h2-5,8-10H,7,11H2,1H3. The summed E-state index contributed by atoms with van der Waals surface area (Å²) in [6.07, 6.45) is 3.84. The summed E-state index contributed by atoms with van der Waals surface area (Å²) in [5, 5.41) is 0. The lowest BCUT2D eigenvalue weighted by molar-refractivity contribution is -0.140. The first-order valence-electron chi connectivity index (χ1n) is 5.31. The molecule has 0 saturated heterocycles. The first-order chi connectivity index (χ1) is 8.24. The third-order valence-electron chi connectivity index (χ3n) is 2.11. The summed E-state index contributed by atoms with van der Waals surface area (Å²) < 4.78 is 4.48. The Labute approximate surface area is 100 Å². The van der Waals surface area contributed by atoms with Crippen LogP contribution in [0, 0.1) is 0 Å². The van der Waals surface area contributed by atoms with E-state index in [-0.39, 0.29) is 11.8 Å². The number of carbonyl (C=O) groups is 2. The second-order valence-corrected chi connectivity index (χ2v) is 3.36. The van der Waals surface area contributed by atoms with Crippen LogP contribution >= 0.6 is 0 Å². The minimum Gasteiger partial charge on any atom is -0.469 e. The van der Waals surface area contributed by atoms with E-state index in [4.69, 9.17) is 0 Å². The summed E-state index contributed by atoms with van der Waals surface area (Å²) in [5.41, 5.74) is 3.38. The van der Waals surface area contributed by atoms with Crippen molar-refractivity contribution in [3.63, 3.8) is 0 Å². The Balaban J connectivity index is 2.46. The van der Waals surface area contributed by atoms with Crippen LogP contribution in [0.5, 0.6) is 0 Å². The average molecular weight is 230 g/mol. The van der Waals surface area contributed by atoms with Gasteiger partial charge in [0, 0.05) is 18.1 Å². The van der Waals surface area contributed by atoms with Gasteiger partial charge in [0.2, 0.25) is 0 Å². The molecular weight excluding hydrogens is 216 g/mol. The molecule has 88 valence electrons. The SMILES string of the molecule is COC(=O)CCC=C=CC(=O)c1ccccc1. The highest BCUT2D eigenvalue weighted by Crippen LogP contribution is 2.00. The fourth-order valence-electron chi connectivity index (χ4n) is 1.20. The summed E-state index contributed by atoms with van der Waals surface area (Å²) in [6, 6.07) is 8.96. The molecule has 0 aliphatic rings. The van der Waals surface area contributed by atoms with Crippen molar-refractivity contribution in [3.8, 4) is 0 Å². The summed E-state index contributed by atoms with van der Waals surface area (Å²) in [4.78, 5) is 22.4. The van der Waals surface area contributed by atoms with Crippen LogP contribution in [0.1, 0.15) is 23.2 Å². The Kier molecular flexibility index (Phi) is 5.49. The molecule has 0 unspecified atom stereocenters. The van der Waals surface area contributed by atoms with Crippen LogP contribution in [0.25, 0.3) is 0 Å². The fourth-order valence-corrected chi connectivity index (χ4v) is 1.20. The molecule has 0 N–H and O–H groups in total. The van der Waals surface area contributed by atoms with Crippen LogP contribution in [0.15, 0.2) is 48.2 Å². The smallest absolute Gasteiger partial charge is 0.305 e. The monoisotopic (exact) mass is 230 g/mol. The molecule has 1 rings (SSSR count). The quantitative estimate of drug-likeness (QED) is 0.338. The van der Waals surface area contributed by atoms with Gasteiger partial charge in [-0.05, 0) is 12.5 Å². The number of ketones is 1. The number of ether oxygens (including phenoxy) is 1. The molecular formula is C14H14O3. The Morgan fingerprint density at radius 3 is 2.65 bits per heavy atom. The zero-order valence-electron chi connectivity index (χ0n) is 9.68. The largest absolute Gasteiger partial charge is 0.469 e. The molecule has 0 aromatic heterocycles. The molecule has 0 bridgehead atoms. The molecule has 0 amide bonds. The predicted molar refractivity (Wildman–Crippen MR) is 64.7 cm³/mol. The predicted octanol–water partition coefficient (Wildman–Crippen LogP) is 2.53. The van der Waals surface area contributed by atoms with Gasteiger partial charge >= 0.3 is 5.97 Å². The van der Waals surface area contributed by atoms with Gasteiger partial charge in [-0.25, -0.2) is 0 Å². The summed E-state index contributed by atoms with van der Waals surface area (Å²) in [6.45, 7) is 0. The van der Waals surface area contributed by atoms with Crippen LogP contribution < -0.4 is 0 Å². The normalized spacial score (nSPS) is 9.00. The Hall–Kier alpha value is -2.12. The highest BCUT2D eigenvalue weighted by Gasteiger charge is 1.98. The minimum atomic E-state index is -0.266. The molecule has 1 aromatic rings. The molecule has 0 fully saturated rings. The molecule has 3 nitrogen and oxygen atoms in total. The van der Waals surface area contributed by atoms with Gasteiger partial charge in [-0.2, -0.15) is 0 Å².